The second-order valence-corrected chi connectivity index (χ2v) is 8.52. The summed E-state index contributed by atoms with van der Waals surface area (Å²) < 4.78 is 27.2. The molecule has 8 heteroatoms. The van der Waals surface area contributed by atoms with E-state index in [0.29, 0.717) is 16.9 Å². The first-order valence-electron chi connectivity index (χ1n) is 11.5. The molecule has 1 heterocycles. The number of benzene rings is 3. The van der Waals surface area contributed by atoms with Crippen LogP contribution >= 0.6 is 0 Å². The molecule has 6 nitrogen and oxygen atoms in total. The maximum atomic E-state index is 13.8. The molecule has 1 aromatic heterocycles. The molecule has 0 bridgehead atoms. The summed E-state index contributed by atoms with van der Waals surface area (Å²) in [6, 6.07) is 15.2. The van der Waals surface area contributed by atoms with E-state index in [-0.39, 0.29) is 5.69 Å². The SMILES string of the molecule is O=C(Nc1ccc(F)cc1)[C@H](c1ccc(F)cc1)N(C(=O)c1cnccn1)c1ccc2c(c1)CCC2. The summed E-state index contributed by atoms with van der Waals surface area (Å²) in [4.78, 5) is 37.1. The number of aromatic nitrogens is 2. The summed E-state index contributed by atoms with van der Waals surface area (Å²) in [5, 5.41) is 2.76. The highest BCUT2D eigenvalue weighted by molar-refractivity contribution is 6.11. The topological polar surface area (TPSA) is 75.2 Å². The van der Waals surface area contributed by atoms with Gasteiger partial charge in [0.2, 0.25) is 0 Å². The summed E-state index contributed by atoms with van der Waals surface area (Å²) in [5.74, 6) is -2.00. The Morgan fingerprint density at radius 3 is 2.25 bits per heavy atom. The number of fused-ring (bicyclic) bond motifs is 1. The molecule has 3 aromatic carbocycles. The van der Waals surface area contributed by atoms with Crippen molar-refractivity contribution in [2.24, 2.45) is 0 Å². The number of rotatable bonds is 6. The zero-order chi connectivity index (χ0) is 25.1. The lowest BCUT2D eigenvalue weighted by atomic mass is 10.0. The van der Waals surface area contributed by atoms with E-state index < -0.39 is 29.5 Å². The molecule has 2 amide bonds. The fraction of sp³-hybridized carbons (Fsp3) is 0.143. The average molecular weight is 485 g/mol. The summed E-state index contributed by atoms with van der Waals surface area (Å²) in [6.45, 7) is 0. The predicted molar refractivity (Wildman–Crippen MR) is 131 cm³/mol. The standard InChI is InChI=1S/C28H22F2N4O2/c29-21-7-4-19(5-8-21)26(27(35)33-23-11-9-22(30)10-12-23)34(28(36)25-17-31-14-15-32-25)24-13-6-18-2-1-3-20(18)16-24/h4-17,26H,1-3H2,(H,33,35)/t26-/m0/s1. The summed E-state index contributed by atoms with van der Waals surface area (Å²) >= 11 is 0. The maximum Gasteiger partial charge on any atom is 0.279 e. The minimum absolute atomic E-state index is 0.0553. The molecule has 0 saturated heterocycles. The molecule has 1 aliphatic rings. The van der Waals surface area contributed by atoms with E-state index in [1.54, 1.807) is 6.07 Å². The lowest BCUT2D eigenvalue weighted by molar-refractivity contribution is -0.117. The van der Waals surface area contributed by atoms with Gasteiger partial charge >= 0.3 is 0 Å². The normalized spacial score (nSPS) is 13.1. The molecule has 1 atom stereocenters. The van der Waals surface area contributed by atoms with Crippen molar-refractivity contribution in [3.05, 3.63) is 119 Å². The lowest BCUT2D eigenvalue weighted by Crippen LogP contribution is -2.42. The van der Waals surface area contributed by atoms with E-state index in [1.807, 2.05) is 12.1 Å². The van der Waals surface area contributed by atoms with E-state index in [0.717, 1.165) is 24.8 Å². The molecule has 1 N–H and O–H groups in total. The van der Waals surface area contributed by atoms with Gasteiger partial charge < -0.3 is 5.32 Å². The Labute approximate surface area is 206 Å². The largest absolute Gasteiger partial charge is 0.324 e. The van der Waals surface area contributed by atoms with Crippen LogP contribution in [-0.2, 0) is 17.6 Å². The van der Waals surface area contributed by atoms with Crippen LogP contribution in [0.25, 0.3) is 0 Å². The quantitative estimate of drug-likeness (QED) is 0.405. The molecular weight excluding hydrogens is 462 g/mol. The number of carbonyl (C=O) groups is 2. The Morgan fingerprint density at radius 2 is 1.56 bits per heavy atom. The minimum Gasteiger partial charge on any atom is -0.324 e. The smallest absolute Gasteiger partial charge is 0.279 e. The summed E-state index contributed by atoms with van der Waals surface area (Å²) in [6.07, 6.45) is 7.04. The fourth-order valence-corrected chi connectivity index (χ4v) is 4.43. The number of carbonyl (C=O) groups excluding carboxylic acids is 2. The van der Waals surface area contributed by atoms with Crippen molar-refractivity contribution in [1.29, 1.82) is 0 Å². The van der Waals surface area contributed by atoms with Gasteiger partial charge in [-0.15, -0.1) is 0 Å². The first-order chi connectivity index (χ1) is 17.5. The fourth-order valence-electron chi connectivity index (χ4n) is 4.43. The maximum absolute atomic E-state index is 13.8. The summed E-state index contributed by atoms with van der Waals surface area (Å²) in [5.41, 5.74) is 3.64. The van der Waals surface area contributed by atoms with Gasteiger partial charge in [-0.2, -0.15) is 0 Å². The third kappa shape index (κ3) is 4.84. The zero-order valence-corrected chi connectivity index (χ0v) is 19.2. The van der Waals surface area contributed by atoms with Crippen LogP contribution in [0.5, 0.6) is 0 Å². The van der Waals surface area contributed by atoms with Gasteiger partial charge in [-0.3, -0.25) is 19.5 Å². The lowest BCUT2D eigenvalue weighted by Gasteiger charge is -2.31. The van der Waals surface area contributed by atoms with Gasteiger partial charge in [-0.1, -0.05) is 18.2 Å². The second-order valence-electron chi connectivity index (χ2n) is 8.52. The van der Waals surface area contributed by atoms with Crippen LogP contribution in [0.15, 0.2) is 85.3 Å². The molecule has 1 aliphatic carbocycles. The molecule has 0 aliphatic heterocycles. The molecule has 5 rings (SSSR count). The van der Waals surface area contributed by atoms with Gasteiger partial charge in [0.1, 0.15) is 23.4 Å². The van der Waals surface area contributed by atoms with Crippen molar-refractivity contribution in [3.63, 3.8) is 0 Å². The van der Waals surface area contributed by atoms with Gasteiger partial charge in [0.05, 0.1) is 6.20 Å². The second kappa shape index (κ2) is 10.0. The van der Waals surface area contributed by atoms with Gasteiger partial charge in [-0.05, 0) is 84.5 Å². The zero-order valence-electron chi connectivity index (χ0n) is 19.2. The van der Waals surface area contributed by atoms with Crippen LogP contribution in [0.4, 0.5) is 20.2 Å². The molecule has 36 heavy (non-hydrogen) atoms. The molecule has 4 aromatic rings. The Hall–Kier alpha value is -4.46. The number of nitrogens with one attached hydrogen (secondary N) is 1. The van der Waals surface area contributed by atoms with Crippen molar-refractivity contribution >= 4 is 23.2 Å². The highest BCUT2D eigenvalue weighted by atomic mass is 19.1. The van der Waals surface area contributed by atoms with Crippen molar-refractivity contribution in [1.82, 2.24) is 9.97 Å². The third-order valence-corrected chi connectivity index (χ3v) is 6.17. The van der Waals surface area contributed by atoms with Crippen molar-refractivity contribution < 1.29 is 18.4 Å². The van der Waals surface area contributed by atoms with Crippen molar-refractivity contribution in [2.75, 3.05) is 10.2 Å². The molecule has 0 fully saturated rings. The van der Waals surface area contributed by atoms with Crippen LogP contribution in [-0.4, -0.2) is 21.8 Å². The third-order valence-electron chi connectivity index (χ3n) is 6.17. The first-order valence-corrected chi connectivity index (χ1v) is 11.5. The molecule has 180 valence electrons. The Kier molecular flexibility index (Phi) is 6.49. The monoisotopic (exact) mass is 484 g/mol. The summed E-state index contributed by atoms with van der Waals surface area (Å²) in [7, 11) is 0. The van der Waals surface area contributed by atoms with Gasteiger partial charge in [0.25, 0.3) is 11.8 Å². The van der Waals surface area contributed by atoms with E-state index in [1.165, 1.54) is 77.6 Å². The van der Waals surface area contributed by atoms with Gasteiger partial charge in [0, 0.05) is 23.8 Å². The highest BCUT2D eigenvalue weighted by Crippen LogP contribution is 2.34. The first kappa shape index (κ1) is 23.3. The number of hydrogen-bond acceptors (Lipinski definition) is 4. The number of anilines is 2. The molecule has 0 saturated carbocycles. The van der Waals surface area contributed by atoms with Crippen LogP contribution in [0, 0.1) is 11.6 Å². The van der Waals surface area contributed by atoms with E-state index in [4.69, 9.17) is 0 Å². The predicted octanol–water partition coefficient (Wildman–Crippen LogP) is 5.27. The molecule has 0 spiro atoms. The van der Waals surface area contributed by atoms with Crippen molar-refractivity contribution in [3.8, 4) is 0 Å². The Bertz CT molecular complexity index is 1390. The minimum atomic E-state index is -1.18. The van der Waals surface area contributed by atoms with Crippen LogP contribution in [0.1, 0.15) is 39.6 Å². The van der Waals surface area contributed by atoms with Crippen molar-refractivity contribution in [2.45, 2.75) is 25.3 Å². The Balaban J connectivity index is 1.63. The number of aryl methyl sites for hydroxylation is 2. The van der Waals surface area contributed by atoms with Gasteiger partial charge in [0.15, 0.2) is 0 Å². The molecule has 0 unspecified atom stereocenters. The Morgan fingerprint density at radius 1 is 0.861 bits per heavy atom. The highest BCUT2D eigenvalue weighted by Gasteiger charge is 2.35. The number of nitrogens with zero attached hydrogens (tertiary/aromatic N) is 3. The van der Waals surface area contributed by atoms with Gasteiger partial charge in [-0.25, -0.2) is 13.8 Å². The average Bonchev–Trinajstić information content (AvgIpc) is 3.37. The molecular formula is C28H22F2N4O2. The van der Waals surface area contributed by atoms with E-state index >= 15 is 0 Å². The number of amides is 2. The number of halogens is 2. The van der Waals surface area contributed by atoms with Crippen LogP contribution in [0.2, 0.25) is 0 Å². The van der Waals surface area contributed by atoms with Crippen LogP contribution < -0.4 is 10.2 Å². The van der Waals surface area contributed by atoms with E-state index in [9.17, 15) is 18.4 Å². The van der Waals surface area contributed by atoms with Crippen LogP contribution in [0.3, 0.4) is 0 Å². The molecule has 0 radical (unpaired) electrons. The number of hydrogen-bond donors (Lipinski definition) is 1. The van der Waals surface area contributed by atoms with E-state index in [2.05, 4.69) is 15.3 Å².